The fourth-order valence-electron chi connectivity index (χ4n) is 1.19. The van der Waals surface area contributed by atoms with E-state index in [1.54, 1.807) is 0 Å². The summed E-state index contributed by atoms with van der Waals surface area (Å²) in [5.41, 5.74) is -0.816. The standard InChI is InChI=1S/C11H16F8/c1-7(2,3)5-6-9(14,15)11(18,19)10(16,17)8(4,12)13/h5-6H2,1-4H3. The van der Waals surface area contributed by atoms with Crippen LogP contribution in [0.2, 0.25) is 0 Å². The maximum absolute atomic E-state index is 13.2. The summed E-state index contributed by atoms with van der Waals surface area (Å²) in [5.74, 6) is -22.7. The van der Waals surface area contributed by atoms with Crippen molar-refractivity contribution in [3.05, 3.63) is 0 Å². The van der Waals surface area contributed by atoms with Crippen LogP contribution in [0.15, 0.2) is 0 Å². The van der Waals surface area contributed by atoms with Crippen LogP contribution >= 0.6 is 0 Å². The highest BCUT2D eigenvalue weighted by molar-refractivity contribution is 5.02. The first-order chi connectivity index (χ1) is 7.96. The minimum absolute atomic E-state index is 0.513. The van der Waals surface area contributed by atoms with E-state index < -0.39 is 48.9 Å². The minimum Gasteiger partial charge on any atom is -0.200 e. The van der Waals surface area contributed by atoms with Gasteiger partial charge >= 0.3 is 23.7 Å². The van der Waals surface area contributed by atoms with E-state index in [9.17, 15) is 35.1 Å². The molecule has 0 unspecified atom stereocenters. The second-order valence-corrected chi connectivity index (χ2v) is 5.80. The van der Waals surface area contributed by atoms with Crippen LogP contribution in [0.5, 0.6) is 0 Å². The quantitative estimate of drug-likeness (QED) is 0.598. The van der Waals surface area contributed by atoms with Gasteiger partial charge in [-0.05, 0) is 11.8 Å². The maximum atomic E-state index is 13.2. The van der Waals surface area contributed by atoms with Crippen molar-refractivity contribution in [1.29, 1.82) is 0 Å². The van der Waals surface area contributed by atoms with Crippen LogP contribution in [0.25, 0.3) is 0 Å². The van der Waals surface area contributed by atoms with Gasteiger partial charge in [0.25, 0.3) is 0 Å². The Balaban J connectivity index is 5.28. The molecule has 0 saturated carbocycles. The van der Waals surface area contributed by atoms with E-state index >= 15 is 0 Å². The smallest absolute Gasteiger partial charge is 0.200 e. The average molecular weight is 300 g/mol. The topological polar surface area (TPSA) is 0 Å². The SMILES string of the molecule is CC(C)(C)CCC(F)(F)C(F)(F)C(F)(F)C(C)(F)F. The van der Waals surface area contributed by atoms with Gasteiger partial charge in [0.2, 0.25) is 0 Å². The Bertz CT molecular complexity index is 308. The third kappa shape index (κ3) is 3.72. The number of rotatable bonds is 5. The molecule has 0 aromatic heterocycles. The summed E-state index contributed by atoms with van der Waals surface area (Å²) in [6.45, 7) is 3.80. The Kier molecular flexibility index (Phi) is 4.63. The lowest BCUT2D eigenvalue weighted by molar-refractivity contribution is -0.363. The third-order valence-electron chi connectivity index (χ3n) is 2.59. The molecular formula is C11H16F8. The molecule has 0 bridgehead atoms. The van der Waals surface area contributed by atoms with Crippen LogP contribution in [0.1, 0.15) is 40.5 Å². The number of hydrogen-bond acceptors (Lipinski definition) is 0. The molecule has 0 aliphatic carbocycles. The van der Waals surface area contributed by atoms with Crippen LogP contribution < -0.4 is 0 Å². The zero-order chi connectivity index (χ0) is 15.9. The van der Waals surface area contributed by atoms with Crippen molar-refractivity contribution in [2.24, 2.45) is 5.41 Å². The Labute approximate surface area is 106 Å². The minimum atomic E-state index is -6.12. The molecule has 0 spiro atoms. The van der Waals surface area contributed by atoms with E-state index in [-0.39, 0.29) is 0 Å². The first-order valence-corrected chi connectivity index (χ1v) is 5.47. The zero-order valence-corrected chi connectivity index (χ0v) is 10.9. The number of hydrogen-bond donors (Lipinski definition) is 0. The van der Waals surface area contributed by atoms with Crippen LogP contribution in [0.4, 0.5) is 35.1 Å². The van der Waals surface area contributed by atoms with Gasteiger partial charge in [-0.2, -0.15) is 35.1 Å². The summed E-state index contributed by atoms with van der Waals surface area (Å²) in [7, 11) is 0. The normalized spacial score (nSPS) is 15.8. The molecule has 0 rings (SSSR count). The van der Waals surface area contributed by atoms with Crippen LogP contribution in [-0.4, -0.2) is 23.7 Å². The molecule has 0 amide bonds. The van der Waals surface area contributed by atoms with Gasteiger partial charge in [0.05, 0.1) is 0 Å². The first kappa shape index (κ1) is 18.4. The van der Waals surface area contributed by atoms with Crippen molar-refractivity contribution in [1.82, 2.24) is 0 Å². The second kappa shape index (κ2) is 4.77. The zero-order valence-electron chi connectivity index (χ0n) is 10.9. The lowest BCUT2D eigenvalue weighted by Gasteiger charge is -2.36. The molecule has 0 atom stereocenters. The van der Waals surface area contributed by atoms with Crippen molar-refractivity contribution >= 4 is 0 Å². The van der Waals surface area contributed by atoms with Crippen molar-refractivity contribution in [3.63, 3.8) is 0 Å². The van der Waals surface area contributed by atoms with Crippen molar-refractivity contribution in [2.45, 2.75) is 64.2 Å². The molecular weight excluding hydrogens is 284 g/mol. The molecule has 0 aromatic carbocycles. The van der Waals surface area contributed by atoms with Gasteiger partial charge in [0.15, 0.2) is 0 Å². The highest BCUT2D eigenvalue weighted by Gasteiger charge is 2.78. The highest BCUT2D eigenvalue weighted by Crippen LogP contribution is 2.54. The van der Waals surface area contributed by atoms with Gasteiger partial charge < -0.3 is 0 Å². The summed E-state index contributed by atoms with van der Waals surface area (Å²) >= 11 is 0. The lowest BCUT2D eigenvalue weighted by Crippen LogP contribution is -2.61. The van der Waals surface area contributed by atoms with Gasteiger partial charge in [-0.1, -0.05) is 20.8 Å². The van der Waals surface area contributed by atoms with E-state index in [0.29, 0.717) is 0 Å². The molecule has 0 nitrogen and oxygen atoms in total. The predicted octanol–water partition coefficient (Wildman–Crippen LogP) is 5.37. The van der Waals surface area contributed by atoms with E-state index in [2.05, 4.69) is 0 Å². The van der Waals surface area contributed by atoms with Gasteiger partial charge in [-0.15, -0.1) is 0 Å². The van der Waals surface area contributed by atoms with Crippen LogP contribution in [-0.2, 0) is 0 Å². The third-order valence-corrected chi connectivity index (χ3v) is 2.59. The second-order valence-electron chi connectivity index (χ2n) is 5.80. The Morgan fingerprint density at radius 2 is 0.947 bits per heavy atom. The highest BCUT2D eigenvalue weighted by atomic mass is 19.4. The molecule has 0 heterocycles. The largest absolute Gasteiger partial charge is 0.378 e. The molecule has 0 aliphatic heterocycles. The molecule has 0 radical (unpaired) electrons. The lowest BCUT2D eigenvalue weighted by atomic mass is 9.86. The van der Waals surface area contributed by atoms with Gasteiger partial charge in [0.1, 0.15) is 0 Å². The van der Waals surface area contributed by atoms with E-state index in [0.717, 1.165) is 0 Å². The van der Waals surface area contributed by atoms with Gasteiger partial charge in [-0.25, -0.2) is 0 Å². The van der Waals surface area contributed by atoms with Crippen molar-refractivity contribution in [2.75, 3.05) is 0 Å². The number of alkyl halides is 8. The van der Waals surface area contributed by atoms with Crippen LogP contribution in [0.3, 0.4) is 0 Å². The Morgan fingerprint density at radius 1 is 0.579 bits per heavy atom. The predicted molar refractivity (Wildman–Crippen MR) is 54.2 cm³/mol. The first-order valence-electron chi connectivity index (χ1n) is 5.47. The van der Waals surface area contributed by atoms with E-state index in [1.807, 2.05) is 0 Å². The Morgan fingerprint density at radius 3 is 1.21 bits per heavy atom. The maximum Gasteiger partial charge on any atom is 0.378 e. The van der Waals surface area contributed by atoms with Crippen LogP contribution in [0, 0.1) is 5.41 Å². The summed E-state index contributed by atoms with van der Waals surface area (Å²) in [5, 5.41) is 0. The molecule has 116 valence electrons. The molecule has 8 heteroatoms. The molecule has 0 aromatic rings. The summed E-state index contributed by atoms with van der Waals surface area (Å²) < 4.78 is 103. The average Bonchev–Trinajstić information content (AvgIpc) is 2.11. The summed E-state index contributed by atoms with van der Waals surface area (Å²) in [6.07, 6.45) is -2.11. The molecule has 19 heavy (non-hydrogen) atoms. The summed E-state index contributed by atoms with van der Waals surface area (Å²) in [6, 6.07) is 0. The monoisotopic (exact) mass is 300 g/mol. The summed E-state index contributed by atoms with van der Waals surface area (Å²) in [4.78, 5) is 0. The number of halogens is 8. The van der Waals surface area contributed by atoms with Gasteiger partial charge in [-0.3, -0.25) is 0 Å². The van der Waals surface area contributed by atoms with Crippen molar-refractivity contribution in [3.8, 4) is 0 Å². The fraction of sp³-hybridized carbons (Fsp3) is 1.00. The fourth-order valence-corrected chi connectivity index (χ4v) is 1.19. The molecule has 0 N–H and O–H groups in total. The molecule has 0 aliphatic rings. The van der Waals surface area contributed by atoms with Crippen molar-refractivity contribution < 1.29 is 35.1 Å². The molecule has 0 saturated heterocycles. The van der Waals surface area contributed by atoms with Gasteiger partial charge in [0, 0.05) is 13.3 Å². The van der Waals surface area contributed by atoms with E-state index in [4.69, 9.17) is 0 Å². The van der Waals surface area contributed by atoms with E-state index in [1.165, 1.54) is 20.8 Å². The molecule has 0 fully saturated rings. The Hall–Kier alpha value is -0.560.